The zero-order valence-electron chi connectivity index (χ0n) is 12.4. The van der Waals surface area contributed by atoms with E-state index < -0.39 is 0 Å². The SMILES string of the molecule is COc1cccc(C(=O)NCCN(C)c2ccccc2)c1. The lowest BCUT2D eigenvalue weighted by molar-refractivity contribution is 0.0954. The van der Waals surface area contributed by atoms with Gasteiger partial charge in [0.15, 0.2) is 0 Å². The molecule has 2 aromatic carbocycles. The molecule has 0 saturated carbocycles. The average molecular weight is 284 g/mol. The Kier molecular flexibility index (Phi) is 5.21. The maximum atomic E-state index is 12.0. The Hall–Kier alpha value is -2.49. The summed E-state index contributed by atoms with van der Waals surface area (Å²) < 4.78 is 5.12. The van der Waals surface area contributed by atoms with E-state index in [1.807, 2.05) is 49.5 Å². The highest BCUT2D eigenvalue weighted by Gasteiger charge is 2.06. The van der Waals surface area contributed by atoms with Crippen molar-refractivity contribution in [3.05, 3.63) is 60.2 Å². The van der Waals surface area contributed by atoms with Crippen LogP contribution in [0.15, 0.2) is 54.6 Å². The van der Waals surface area contributed by atoms with E-state index in [1.165, 1.54) is 0 Å². The highest BCUT2D eigenvalue weighted by atomic mass is 16.5. The second-order valence-electron chi connectivity index (χ2n) is 4.74. The van der Waals surface area contributed by atoms with Gasteiger partial charge < -0.3 is 15.0 Å². The van der Waals surface area contributed by atoms with Crippen molar-refractivity contribution in [1.82, 2.24) is 5.32 Å². The number of rotatable bonds is 6. The molecule has 0 bridgehead atoms. The number of carbonyl (C=O) groups excluding carboxylic acids is 1. The van der Waals surface area contributed by atoms with Gasteiger partial charge in [0.25, 0.3) is 5.91 Å². The van der Waals surface area contributed by atoms with Crippen LogP contribution < -0.4 is 15.0 Å². The molecule has 2 rings (SSSR count). The summed E-state index contributed by atoms with van der Waals surface area (Å²) in [5, 5.41) is 2.91. The number of nitrogens with zero attached hydrogens (tertiary/aromatic N) is 1. The zero-order chi connectivity index (χ0) is 15.1. The second kappa shape index (κ2) is 7.33. The predicted octanol–water partition coefficient (Wildman–Crippen LogP) is 2.56. The number of nitrogens with one attached hydrogen (secondary N) is 1. The largest absolute Gasteiger partial charge is 0.497 e. The van der Waals surface area contributed by atoms with Gasteiger partial charge in [-0.25, -0.2) is 0 Å². The number of anilines is 1. The van der Waals surface area contributed by atoms with E-state index in [1.54, 1.807) is 19.2 Å². The third kappa shape index (κ3) is 4.24. The first kappa shape index (κ1) is 14.9. The van der Waals surface area contributed by atoms with Crippen molar-refractivity contribution in [1.29, 1.82) is 0 Å². The van der Waals surface area contributed by atoms with Gasteiger partial charge in [-0.15, -0.1) is 0 Å². The second-order valence-corrected chi connectivity index (χ2v) is 4.74. The van der Waals surface area contributed by atoms with Crippen molar-refractivity contribution in [3.8, 4) is 5.75 Å². The quantitative estimate of drug-likeness (QED) is 0.886. The van der Waals surface area contributed by atoms with Gasteiger partial charge in [0.2, 0.25) is 0 Å². The summed E-state index contributed by atoms with van der Waals surface area (Å²) in [7, 11) is 3.60. The van der Waals surface area contributed by atoms with Crippen LogP contribution in [-0.4, -0.2) is 33.2 Å². The number of hydrogen-bond acceptors (Lipinski definition) is 3. The third-order valence-electron chi connectivity index (χ3n) is 3.26. The first-order valence-electron chi connectivity index (χ1n) is 6.89. The van der Waals surface area contributed by atoms with Gasteiger partial charge in [0, 0.05) is 31.4 Å². The van der Waals surface area contributed by atoms with Crippen LogP contribution >= 0.6 is 0 Å². The van der Waals surface area contributed by atoms with Gasteiger partial charge in [0.1, 0.15) is 5.75 Å². The molecule has 21 heavy (non-hydrogen) atoms. The summed E-state index contributed by atoms with van der Waals surface area (Å²) in [4.78, 5) is 14.1. The Labute approximate surface area is 125 Å². The monoisotopic (exact) mass is 284 g/mol. The van der Waals surface area contributed by atoms with Crippen LogP contribution in [0.1, 0.15) is 10.4 Å². The van der Waals surface area contributed by atoms with Crippen LogP contribution in [0, 0.1) is 0 Å². The standard InChI is InChI=1S/C17H20N2O2/c1-19(15-8-4-3-5-9-15)12-11-18-17(20)14-7-6-10-16(13-14)21-2/h3-10,13H,11-12H2,1-2H3,(H,18,20). The van der Waals surface area contributed by atoms with E-state index in [-0.39, 0.29) is 5.91 Å². The van der Waals surface area contributed by atoms with Crippen LogP contribution in [0.3, 0.4) is 0 Å². The van der Waals surface area contributed by atoms with E-state index in [2.05, 4.69) is 10.2 Å². The van der Waals surface area contributed by atoms with Gasteiger partial charge in [-0.05, 0) is 30.3 Å². The molecular formula is C17H20N2O2. The van der Waals surface area contributed by atoms with Crippen LogP contribution in [-0.2, 0) is 0 Å². The number of para-hydroxylation sites is 1. The first-order valence-corrected chi connectivity index (χ1v) is 6.89. The maximum absolute atomic E-state index is 12.0. The Morgan fingerprint density at radius 2 is 1.90 bits per heavy atom. The molecule has 0 aromatic heterocycles. The average Bonchev–Trinajstić information content (AvgIpc) is 2.55. The molecule has 0 unspecified atom stereocenters. The van der Waals surface area contributed by atoms with Crippen molar-refractivity contribution in [2.75, 3.05) is 32.1 Å². The molecule has 4 nitrogen and oxygen atoms in total. The molecule has 0 spiro atoms. The van der Waals surface area contributed by atoms with Gasteiger partial charge >= 0.3 is 0 Å². The lowest BCUT2D eigenvalue weighted by Gasteiger charge is -2.19. The highest BCUT2D eigenvalue weighted by molar-refractivity contribution is 5.94. The van der Waals surface area contributed by atoms with Crippen molar-refractivity contribution in [2.45, 2.75) is 0 Å². The number of benzene rings is 2. The van der Waals surface area contributed by atoms with Crippen LogP contribution in [0.4, 0.5) is 5.69 Å². The minimum atomic E-state index is -0.0876. The Balaban J connectivity index is 1.84. The molecular weight excluding hydrogens is 264 g/mol. The topological polar surface area (TPSA) is 41.6 Å². The molecule has 1 N–H and O–H groups in total. The Morgan fingerprint density at radius 3 is 2.62 bits per heavy atom. The summed E-state index contributed by atoms with van der Waals surface area (Å²) in [6.07, 6.45) is 0. The normalized spacial score (nSPS) is 10.0. The van der Waals surface area contributed by atoms with E-state index in [0.29, 0.717) is 17.9 Å². The molecule has 110 valence electrons. The van der Waals surface area contributed by atoms with Gasteiger partial charge in [-0.1, -0.05) is 24.3 Å². The molecule has 0 radical (unpaired) electrons. The fourth-order valence-corrected chi connectivity index (χ4v) is 2.02. The number of hydrogen-bond donors (Lipinski definition) is 1. The van der Waals surface area contributed by atoms with Crippen LogP contribution in [0.2, 0.25) is 0 Å². The Morgan fingerprint density at radius 1 is 1.14 bits per heavy atom. The number of methoxy groups -OCH3 is 1. The van der Waals surface area contributed by atoms with Crippen LogP contribution in [0.25, 0.3) is 0 Å². The van der Waals surface area contributed by atoms with E-state index >= 15 is 0 Å². The summed E-state index contributed by atoms with van der Waals surface area (Å²) in [5.41, 5.74) is 1.74. The number of carbonyl (C=O) groups is 1. The van der Waals surface area contributed by atoms with Gasteiger partial charge in [-0.3, -0.25) is 4.79 Å². The highest BCUT2D eigenvalue weighted by Crippen LogP contribution is 2.12. The van der Waals surface area contributed by atoms with Gasteiger partial charge in [-0.2, -0.15) is 0 Å². The molecule has 2 aromatic rings. The molecule has 0 atom stereocenters. The van der Waals surface area contributed by atoms with Crippen molar-refractivity contribution >= 4 is 11.6 Å². The molecule has 0 fully saturated rings. The number of likely N-dealkylation sites (N-methyl/N-ethyl adjacent to an activating group) is 1. The number of ether oxygens (including phenoxy) is 1. The molecule has 0 aliphatic heterocycles. The predicted molar refractivity (Wildman–Crippen MR) is 85.0 cm³/mol. The maximum Gasteiger partial charge on any atom is 0.251 e. The molecule has 0 saturated heterocycles. The van der Waals surface area contributed by atoms with Crippen molar-refractivity contribution < 1.29 is 9.53 Å². The summed E-state index contributed by atoms with van der Waals surface area (Å²) in [6.45, 7) is 1.33. The zero-order valence-corrected chi connectivity index (χ0v) is 12.4. The smallest absolute Gasteiger partial charge is 0.251 e. The molecule has 0 heterocycles. The third-order valence-corrected chi connectivity index (χ3v) is 3.26. The lowest BCUT2D eigenvalue weighted by atomic mass is 10.2. The minimum Gasteiger partial charge on any atom is -0.497 e. The molecule has 0 aliphatic rings. The molecule has 0 aliphatic carbocycles. The fourth-order valence-electron chi connectivity index (χ4n) is 2.02. The van der Waals surface area contributed by atoms with E-state index in [0.717, 1.165) is 12.2 Å². The van der Waals surface area contributed by atoms with Crippen LogP contribution in [0.5, 0.6) is 5.75 Å². The lowest BCUT2D eigenvalue weighted by Crippen LogP contribution is -2.32. The van der Waals surface area contributed by atoms with E-state index in [4.69, 9.17) is 4.74 Å². The summed E-state index contributed by atoms with van der Waals surface area (Å²) in [6, 6.07) is 17.2. The Bertz CT molecular complexity index is 584. The summed E-state index contributed by atoms with van der Waals surface area (Å²) >= 11 is 0. The van der Waals surface area contributed by atoms with Gasteiger partial charge in [0.05, 0.1) is 7.11 Å². The minimum absolute atomic E-state index is 0.0876. The van der Waals surface area contributed by atoms with Crippen molar-refractivity contribution in [3.63, 3.8) is 0 Å². The molecule has 4 heteroatoms. The molecule has 1 amide bonds. The number of amides is 1. The summed E-state index contributed by atoms with van der Waals surface area (Å²) in [5.74, 6) is 0.597. The van der Waals surface area contributed by atoms with Crippen molar-refractivity contribution in [2.24, 2.45) is 0 Å². The fraction of sp³-hybridized carbons (Fsp3) is 0.235. The van der Waals surface area contributed by atoms with E-state index in [9.17, 15) is 4.79 Å². The first-order chi connectivity index (χ1) is 10.2.